The Kier molecular flexibility index (Phi) is 4.01. The summed E-state index contributed by atoms with van der Waals surface area (Å²) in [6.07, 6.45) is -2.84. The van der Waals surface area contributed by atoms with Crippen molar-refractivity contribution in [1.82, 2.24) is 4.98 Å². The Labute approximate surface area is 137 Å². The van der Waals surface area contributed by atoms with Gasteiger partial charge in [0.1, 0.15) is 5.75 Å². The molecule has 0 aliphatic heterocycles. The summed E-state index contributed by atoms with van der Waals surface area (Å²) in [5.74, 6) is 0.0383. The average molecular weight is 328 g/mol. The van der Waals surface area contributed by atoms with Crippen molar-refractivity contribution >= 4 is 0 Å². The molecule has 0 unspecified atom stereocenters. The Bertz CT molecular complexity index is 888. The molecule has 0 bridgehead atoms. The summed E-state index contributed by atoms with van der Waals surface area (Å²) in [5.41, 5.74) is 2.04. The summed E-state index contributed by atoms with van der Waals surface area (Å²) >= 11 is 0. The van der Waals surface area contributed by atoms with Gasteiger partial charge in [-0.25, -0.2) is 0 Å². The van der Waals surface area contributed by atoms with Gasteiger partial charge in [0.2, 0.25) is 0 Å². The average Bonchev–Trinajstić information content (AvgIpc) is 2.54. The fourth-order valence-corrected chi connectivity index (χ4v) is 2.47. The molecule has 0 saturated heterocycles. The van der Waals surface area contributed by atoms with E-state index >= 15 is 0 Å². The first kappa shape index (κ1) is 16.1. The van der Waals surface area contributed by atoms with Crippen LogP contribution >= 0.6 is 0 Å². The van der Waals surface area contributed by atoms with E-state index in [0.717, 1.165) is 12.1 Å². The van der Waals surface area contributed by atoms with E-state index < -0.39 is 11.7 Å². The number of phenols is 1. The van der Waals surface area contributed by atoms with Crippen LogP contribution in [0.2, 0.25) is 0 Å². The van der Waals surface area contributed by atoms with E-state index in [1.807, 2.05) is 0 Å². The summed E-state index contributed by atoms with van der Waals surface area (Å²) in [4.78, 5) is 4.00. The summed E-state index contributed by atoms with van der Waals surface area (Å²) in [6, 6.07) is 13.2. The lowest BCUT2D eigenvalue weighted by Gasteiger charge is -2.11. The molecule has 24 heavy (non-hydrogen) atoms. The Morgan fingerprint density at radius 1 is 0.875 bits per heavy atom. The van der Waals surface area contributed by atoms with Gasteiger partial charge in [0.15, 0.2) is 0 Å². The van der Waals surface area contributed by atoms with Crippen LogP contribution in [0.5, 0.6) is 5.75 Å². The standard InChI is InChI=1S/C19H13F3NO/c1-12-9-15(7-8-23-12)17-11-14(5-6-18(17)24)13-3-2-4-16(10-13)19(20,21)22/h2-11,24H,1H2. The predicted molar refractivity (Wildman–Crippen MR) is 86.2 cm³/mol. The van der Waals surface area contributed by atoms with E-state index in [1.165, 1.54) is 12.1 Å². The minimum atomic E-state index is -4.40. The zero-order chi connectivity index (χ0) is 17.3. The van der Waals surface area contributed by atoms with Crippen LogP contribution in [0.4, 0.5) is 13.2 Å². The van der Waals surface area contributed by atoms with Crippen LogP contribution in [-0.2, 0) is 6.18 Å². The summed E-state index contributed by atoms with van der Waals surface area (Å²) < 4.78 is 38.6. The van der Waals surface area contributed by atoms with Crippen LogP contribution in [0, 0.1) is 6.92 Å². The number of halogens is 3. The largest absolute Gasteiger partial charge is 0.507 e. The number of nitrogens with zero attached hydrogens (tertiary/aromatic N) is 1. The van der Waals surface area contributed by atoms with Crippen LogP contribution in [0.1, 0.15) is 11.3 Å². The molecule has 1 N–H and O–H groups in total. The van der Waals surface area contributed by atoms with Gasteiger partial charge in [-0.15, -0.1) is 0 Å². The van der Waals surface area contributed by atoms with Gasteiger partial charge in [-0.3, -0.25) is 4.98 Å². The maximum atomic E-state index is 12.9. The molecule has 2 nitrogen and oxygen atoms in total. The first-order chi connectivity index (χ1) is 11.3. The number of hydrogen-bond donors (Lipinski definition) is 1. The normalized spacial score (nSPS) is 11.5. The van der Waals surface area contributed by atoms with Crippen molar-refractivity contribution < 1.29 is 18.3 Å². The maximum absolute atomic E-state index is 12.9. The second kappa shape index (κ2) is 6.00. The van der Waals surface area contributed by atoms with Crippen LogP contribution in [0.3, 0.4) is 0 Å². The highest BCUT2D eigenvalue weighted by molar-refractivity contribution is 5.77. The van der Waals surface area contributed by atoms with E-state index in [-0.39, 0.29) is 5.75 Å². The van der Waals surface area contributed by atoms with Gasteiger partial charge in [-0.1, -0.05) is 18.2 Å². The van der Waals surface area contributed by atoms with Crippen molar-refractivity contribution in [2.75, 3.05) is 0 Å². The third-order valence-corrected chi connectivity index (χ3v) is 3.65. The molecule has 1 radical (unpaired) electrons. The van der Waals surface area contributed by atoms with Gasteiger partial charge in [0.05, 0.1) is 5.56 Å². The van der Waals surface area contributed by atoms with Crippen LogP contribution in [0.25, 0.3) is 22.3 Å². The highest BCUT2D eigenvalue weighted by atomic mass is 19.4. The molecular weight excluding hydrogens is 315 g/mol. The van der Waals surface area contributed by atoms with Crippen LogP contribution in [-0.4, -0.2) is 10.1 Å². The van der Waals surface area contributed by atoms with Gasteiger partial charge in [0.25, 0.3) is 0 Å². The number of benzene rings is 2. The second-order valence-electron chi connectivity index (χ2n) is 5.35. The van der Waals surface area contributed by atoms with Crippen molar-refractivity contribution in [3.05, 3.63) is 79.0 Å². The number of pyridine rings is 1. The Morgan fingerprint density at radius 2 is 1.62 bits per heavy atom. The van der Waals surface area contributed by atoms with Crippen molar-refractivity contribution in [3.8, 4) is 28.0 Å². The van der Waals surface area contributed by atoms with Crippen molar-refractivity contribution in [3.63, 3.8) is 0 Å². The summed E-state index contributed by atoms with van der Waals surface area (Å²) in [5, 5.41) is 10.1. The van der Waals surface area contributed by atoms with Gasteiger partial charge in [0, 0.05) is 17.5 Å². The molecule has 3 aromatic rings. The Balaban J connectivity index is 2.09. The molecule has 2 aromatic carbocycles. The lowest BCUT2D eigenvalue weighted by atomic mass is 9.97. The van der Waals surface area contributed by atoms with Crippen LogP contribution in [0.15, 0.2) is 60.8 Å². The van der Waals surface area contributed by atoms with Crippen molar-refractivity contribution in [2.45, 2.75) is 6.18 Å². The Hall–Kier alpha value is -2.82. The number of aromatic hydroxyl groups is 1. The highest BCUT2D eigenvalue weighted by Crippen LogP contribution is 2.36. The fraction of sp³-hybridized carbons (Fsp3) is 0.0526. The molecule has 1 aromatic heterocycles. The molecule has 0 saturated carbocycles. The van der Waals surface area contributed by atoms with Crippen molar-refractivity contribution in [2.24, 2.45) is 0 Å². The maximum Gasteiger partial charge on any atom is 0.416 e. The first-order valence-corrected chi connectivity index (χ1v) is 7.13. The topological polar surface area (TPSA) is 33.1 Å². The predicted octanol–water partition coefficient (Wildman–Crippen LogP) is 5.32. The summed E-state index contributed by atoms with van der Waals surface area (Å²) in [6.45, 7) is 3.74. The molecule has 0 aliphatic carbocycles. The summed E-state index contributed by atoms with van der Waals surface area (Å²) in [7, 11) is 0. The van der Waals surface area contributed by atoms with Crippen molar-refractivity contribution in [1.29, 1.82) is 0 Å². The van der Waals surface area contributed by atoms with E-state index in [0.29, 0.717) is 27.9 Å². The SMILES string of the molecule is [CH2]c1cc(-c2cc(-c3cccc(C(F)(F)F)c3)ccc2O)ccn1. The molecule has 0 spiro atoms. The molecule has 0 aliphatic rings. The highest BCUT2D eigenvalue weighted by Gasteiger charge is 2.30. The van der Waals surface area contributed by atoms with Gasteiger partial charge < -0.3 is 5.11 Å². The quantitative estimate of drug-likeness (QED) is 0.690. The van der Waals surface area contributed by atoms with Gasteiger partial charge in [-0.05, 0) is 60.0 Å². The number of phenolic OH excluding ortho intramolecular Hbond substituents is 1. The third kappa shape index (κ3) is 3.25. The molecule has 5 heteroatoms. The van der Waals surface area contributed by atoms with Gasteiger partial charge >= 0.3 is 6.18 Å². The number of aromatic nitrogens is 1. The molecular formula is C19H13F3NO. The molecule has 0 atom stereocenters. The minimum absolute atomic E-state index is 0.0383. The lowest BCUT2D eigenvalue weighted by Crippen LogP contribution is -2.04. The minimum Gasteiger partial charge on any atom is -0.507 e. The molecule has 1 heterocycles. The molecule has 3 rings (SSSR count). The smallest absolute Gasteiger partial charge is 0.416 e. The number of hydrogen-bond acceptors (Lipinski definition) is 2. The third-order valence-electron chi connectivity index (χ3n) is 3.65. The second-order valence-corrected chi connectivity index (χ2v) is 5.35. The molecule has 0 fully saturated rings. The van der Waals surface area contributed by atoms with Crippen LogP contribution < -0.4 is 0 Å². The monoisotopic (exact) mass is 328 g/mol. The number of rotatable bonds is 2. The zero-order valence-corrected chi connectivity index (χ0v) is 12.5. The molecule has 121 valence electrons. The fourth-order valence-electron chi connectivity index (χ4n) is 2.47. The van der Waals surface area contributed by atoms with Gasteiger partial charge in [-0.2, -0.15) is 13.2 Å². The van der Waals surface area contributed by atoms with E-state index in [2.05, 4.69) is 11.9 Å². The molecule has 0 amide bonds. The number of alkyl halides is 3. The lowest BCUT2D eigenvalue weighted by molar-refractivity contribution is -0.137. The zero-order valence-electron chi connectivity index (χ0n) is 12.5. The van der Waals surface area contributed by atoms with E-state index in [9.17, 15) is 18.3 Å². The Morgan fingerprint density at radius 3 is 2.33 bits per heavy atom. The van der Waals surface area contributed by atoms with E-state index in [1.54, 1.807) is 36.5 Å². The first-order valence-electron chi connectivity index (χ1n) is 7.13. The van der Waals surface area contributed by atoms with E-state index in [4.69, 9.17) is 0 Å².